The third-order valence-electron chi connectivity index (χ3n) is 5.44. The zero-order valence-electron chi connectivity index (χ0n) is 15.1. The van der Waals surface area contributed by atoms with Gasteiger partial charge in [0, 0.05) is 25.7 Å². The second-order valence-electron chi connectivity index (χ2n) is 7.48. The van der Waals surface area contributed by atoms with E-state index in [1.807, 2.05) is 21.0 Å². The van der Waals surface area contributed by atoms with Crippen molar-refractivity contribution in [1.82, 2.24) is 19.8 Å². The van der Waals surface area contributed by atoms with E-state index in [1.165, 1.54) is 24.2 Å². The van der Waals surface area contributed by atoms with Crippen molar-refractivity contribution in [3.05, 3.63) is 16.8 Å². The van der Waals surface area contributed by atoms with Gasteiger partial charge in [-0.2, -0.15) is 0 Å². The summed E-state index contributed by atoms with van der Waals surface area (Å²) >= 11 is 1.51. The van der Waals surface area contributed by atoms with Crippen LogP contribution in [0.4, 0.5) is 5.82 Å². The maximum Gasteiger partial charge on any atom is 0.264 e. The monoisotopic (exact) mass is 359 g/mol. The Labute approximate surface area is 152 Å². The quantitative estimate of drug-likeness (QED) is 0.889. The lowest BCUT2D eigenvalue weighted by atomic mass is 10.1. The Bertz CT molecular complexity index is 802. The maximum absolute atomic E-state index is 13.1. The fourth-order valence-electron chi connectivity index (χ4n) is 4.11. The molecule has 0 radical (unpaired) electrons. The summed E-state index contributed by atoms with van der Waals surface area (Å²) in [5.74, 6) is 1.74. The molecular weight excluding hydrogens is 334 g/mol. The highest BCUT2D eigenvalue weighted by molar-refractivity contribution is 7.20. The van der Waals surface area contributed by atoms with Gasteiger partial charge in [0.25, 0.3) is 5.91 Å². The second kappa shape index (κ2) is 6.53. The molecule has 1 saturated heterocycles. The smallest absolute Gasteiger partial charge is 0.264 e. The highest BCUT2D eigenvalue weighted by Gasteiger charge is 2.41. The molecule has 2 bridgehead atoms. The Morgan fingerprint density at radius 3 is 2.92 bits per heavy atom. The average molecular weight is 359 g/mol. The van der Waals surface area contributed by atoms with Gasteiger partial charge in [-0.25, -0.2) is 9.97 Å². The largest absolute Gasteiger partial charge is 0.368 e. The Kier molecular flexibility index (Phi) is 4.37. The lowest BCUT2D eigenvalue weighted by Crippen LogP contribution is -2.37. The number of amides is 1. The van der Waals surface area contributed by atoms with Crippen LogP contribution in [-0.2, 0) is 0 Å². The molecule has 2 aliphatic rings. The predicted molar refractivity (Wildman–Crippen MR) is 101 cm³/mol. The number of carbonyl (C=O) groups excluding carboxylic acids is 1. The molecule has 0 spiro atoms. The molecule has 1 saturated carbocycles. The molecule has 4 rings (SSSR count). The summed E-state index contributed by atoms with van der Waals surface area (Å²) in [6.45, 7) is 4.70. The summed E-state index contributed by atoms with van der Waals surface area (Å²) in [7, 11) is 4.10. The first-order valence-corrected chi connectivity index (χ1v) is 9.80. The minimum Gasteiger partial charge on any atom is -0.368 e. The normalized spacial score (nSPS) is 22.3. The number of nitrogens with zero attached hydrogens (tertiary/aromatic N) is 4. The van der Waals surface area contributed by atoms with Crippen LogP contribution in [0.3, 0.4) is 0 Å². The standard InChI is InChI=1S/C18H25N5OS/c1-11-14-16(19-6-7-22(2)3)20-10-21-17(14)25-15(11)18(24)23-9-12-4-5-13(23)8-12/h10,12-13H,4-9H2,1-3H3,(H,19,20,21)/t12-,13+/m1/s1. The molecule has 2 aromatic rings. The number of nitrogens with one attached hydrogen (secondary N) is 1. The predicted octanol–water partition coefficient (Wildman–Crippen LogP) is 2.60. The molecule has 1 aliphatic carbocycles. The molecule has 134 valence electrons. The number of fused-ring (bicyclic) bond motifs is 3. The van der Waals surface area contributed by atoms with Gasteiger partial charge >= 0.3 is 0 Å². The van der Waals surface area contributed by atoms with Gasteiger partial charge < -0.3 is 15.1 Å². The molecule has 2 fully saturated rings. The molecule has 25 heavy (non-hydrogen) atoms. The number of anilines is 1. The van der Waals surface area contributed by atoms with Crippen molar-refractivity contribution in [2.45, 2.75) is 32.2 Å². The lowest BCUT2D eigenvalue weighted by molar-refractivity contribution is 0.0708. The maximum atomic E-state index is 13.1. The topological polar surface area (TPSA) is 61.4 Å². The van der Waals surface area contributed by atoms with Gasteiger partial charge in [-0.3, -0.25) is 4.79 Å². The zero-order valence-corrected chi connectivity index (χ0v) is 15.9. The van der Waals surface area contributed by atoms with Crippen molar-refractivity contribution in [2.24, 2.45) is 5.92 Å². The molecule has 0 aromatic carbocycles. The third-order valence-corrected chi connectivity index (χ3v) is 6.63. The van der Waals surface area contributed by atoms with E-state index < -0.39 is 0 Å². The zero-order chi connectivity index (χ0) is 17.6. The van der Waals surface area contributed by atoms with Crippen LogP contribution < -0.4 is 5.32 Å². The van der Waals surface area contributed by atoms with Crippen molar-refractivity contribution in [2.75, 3.05) is 39.0 Å². The highest BCUT2D eigenvalue weighted by atomic mass is 32.1. The van der Waals surface area contributed by atoms with Crippen LogP contribution >= 0.6 is 11.3 Å². The van der Waals surface area contributed by atoms with Crippen molar-refractivity contribution in [3.63, 3.8) is 0 Å². The first-order chi connectivity index (χ1) is 12.0. The fraction of sp³-hybridized carbons (Fsp3) is 0.611. The Morgan fingerprint density at radius 2 is 2.24 bits per heavy atom. The number of hydrogen-bond acceptors (Lipinski definition) is 6. The van der Waals surface area contributed by atoms with Crippen molar-refractivity contribution in [3.8, 4) is 0 Å². The van der Waals surface area contributed by atoms with Crippen LogP contribution in [0, 0.1) is 12.8 Å². The number of likely N-dealkylation sites (tertiary alicyclic amines) is 1. The Hall–Kier alpha value is -1.73. The van der Waals surface area contributed by atoms with Gasteiger partial charge in [0.05, 0.1) is 10.3 Å². The number of carbonyl (C=O) groups is 1. The van der Waals surface area contributed by atoms with E-state index in [0.717, 1.165) is 52.5 Å². The van der Waals surface area contributed by atoms with Gasteiger partial charge in [-0.05, 0) is 51.8 Å². The molecule has 1 N–H and O–H groups in total. The average Bonchev–Trinajstić information content (AvgIpc) is 3.29. The van der Waals surface area contributed by atoms with Crippen LogP contribution in [0.1, 0.15) is 34.5 Å². The third kappa shape index (κ3) is 3.00. The molecule has 2 atom stereocenters. The van der Waals surface area contributed by atoms with Gasteiger partial charge in [0.15, 0.2) is 0 Å². The van der Waals surface area contributed by atoms with Crippen LogP contribution in [0.15, 0.2) is 6.33 Å². The second-order valence-corrected chi connectivity index (χ2v) is 8.48. The van der Waals surface area contributed by atoms with Gasteiger partial charge in [-0.1, -0.05) is 0 Å². The van der Waals surface area contributed by atoms with E-state index in [1.54, 1.807) is 6.33 Å². The SMILES string of the molecule is Cc1c(C(=O)N2C[C@@H]3CC[C@H]2C3)sc2ncnc(NCCN(C)C)c12. The van der Waals surface area contributed by atoms with Crippen LogP contribution in [0.25, 0.3) is 10.2 Å². The van der Waals surface area contributed by atoms with E-state index in [-0.39, 0.29) is 5.91 Å². The molecular formula is C18H25N5OS. The van der Waals surface area contributed by atoms with Crippen LogP contribution in [0.2, 0.25) is 0 Å². The first-order valence-electron chi connectivity index (χ1n) is 8.98. The van der Waals surface area contributed by atoms with Crippen molar-refractivity contribution >= 4 is 33.3 Å². The summed E-state index contributed by atoms with van der Waals surface area (Å²) in [5, 5.41) is 4.40. The van der Waals surface area contributed by atoms with Gasteiger partial charge in [0.1, 0.15) is 17.0 Å². The van der Waals surface area contributed by atoms with E-state index in [0.29, 0.717) is 12.0 Å². The molecule has 6 nitrogen and oxygen atoms in total. The molecule has 1 amide bonds. The number of thiophene rings is 1. The summed E-state index contributed by atoms with van der Waals surface area (Å²) in [6, 6.07) is 0.450. The van der Waals surface area contributed by atoms with E-state index in [9.17, 15) is 4.79 Å². The number of likely N-dealkylation sites (N-methyl/N-ethyl adjacent to an activating group) is 1. The van der Waals surface area contributed by atoms with Crippen LogP contribution in [0.5, 0.6) is 0 Å². The fourth-order valence-corrected chi connectivity index (χ4v) is 5.22. The first kappa shape index (κ1) is 16.7. The summed E-state index contributed by atoms with van der Waals surface area (Å²) < 4.78 is 0. The van der Waals surface area contributed by atoms with E-state index >= 15 is 0 Å². The number of rotatable bonds is 5. The van der Waals surface area contributed by atoms with Crippen molar-refractivity contribution < 1.29 is 4.79 Å². The highest BCUT2D eigenvalue weighted by Crippen LogP contribution is 2.40. The van der Waals surface area contributed by atoms with Gasteiger partial charge in [0.2, 0.25) is 0 Å². The Balaban J connectivity index is 1.62. The minimum absolute atomic E-state index is 0.187. The summed E-state index contributed by atoms with van der Waals surface area (Å²) in [5.41, 5.74) is 1.01. The van der Waals surface area contributed by atoms with Crippen LogP contribution in [-0.4, -0.2) is 65.4 Å². The number of aryl methyl sites for hydroxylation is 1. The number of aromatic nitrogens is 2. The summed E-state index contributed by atoms with van der Waals surface area (Å²) in [4.78, 5) is 27.9. The molecule has 1 aliphatic heterocycles. The van der Waals surface area contributed by atoms with Gasteiger partial charge in [-0.15, -0.1) is 11.3 Å². The molecule has 7 heteroatoms. The molecule has 2 aromatic heterocycles. The van der Waals surface area contributed by atoms with Crippen molar-refractivity contribution in [1.29, 1.82) is 0 Å². The molecule has 3 heterocycles. The number of hydrogen-bond donors (Lipinski definition) is 1. The number of piperidine rings is 1. The summed E-state index contributed by atoms with van der Waals surface area (Å²) in [6.07, 6.45) is 5.22. The molecule has 0 unspecified atom stereocenters. The Morgan fingerprint density at radius 1 is 1.40 bits per heavy atom. The minimum atomic E-state index is 0.187. The van der Waals surface area contributed by atoms with E-state index in [4.69, 9.17) is 0 Å². The lowest BCUT2D eigenvalue weighted by Gasteiger charge is -2.26. The van der Waals surface area contributed by atoms with E-state index in [2.05, 4.69) is 25.1 Å².